The van der Waals surface area contributed by atoms with Crippen molar-refractivity contribution in [3.8, 4) is 0 Å². The van der Waals surface area contributed by atoms with Crippen LogP contribution < -0.4 is 5.32 Å². The highest BCUT2D eigenvalue weighted by molar-refractivity contribution is 6.24. The van der Waals surface area contributed by atoms with Crippen molar-refractivity contribution in [2.45, 2.75) is 13.0 Å². The number of benzene rings is 1. The summed E-state index contributed by atoms with van der Waals surface area (Å²) in [5.74, 6) is -2.16. The molecule has 9 heteroatoms. The molecule has 22 heavy (non-hydrogen) atoms. The largest absolute Gasteiger partial charge is 0.354 e. The molecule has 9 nitrogen and oxygen atoms in total. The smallest absolute Gasteiger partial charge is 0.282 e. The fourth-order valence-corrected chi connectivity index (χ4v) is 2.19. The summed E-state index contributed by atoms with van der Waals surface area (Å²) in [6, 6.07) is 2.45. The highest BCUT2D eigenvalue weighted by atomic mass is 16.6. The van der Waals surface area contributed by atoms with E-state index < -0.39 is 34.4 Å². The number of nitro benzene ring substituents is 1. The van der Waals surface area contributed by atoms with E-state index in [1.165, 1.54) is 19.1 Å². The van der Waals surface area contributed by atoms with Crippen LogP contribution in [-0.4, -0.2) is 46.4 Å². The zero-order chi connectivity index (χ0) is 16.4. The molecule has 1 N–H and O–H groups in total. The molecule has 2 rings (SSSR count). The lowest BCUT2D eigenvalue weighted by atomic mass is 10.1. The molecule has 0 saturated carbocycles. The first-order valence-corrected chi connectivity index (χ1v) is 6.23. The molecule has 0 fully saturated rings. The number of carbonyl (C=O) groups excluding carboxylic acids is 4. The van der Waals surface area contributed by atoms with Crippen molar-refractivity contribution in [3.63, 3.8) is 0 Å². The summed E-state index contributed by atoms with van der Waals surface area (Å²) in [4.78, 5) is 57.4. The number of aldehydes is 1. The lowest BCUT2D eigenvalue weighted by Gasteiger charge is -2.21. The minimum absolute atomic E-state index is 0.131. The average Bonchev–Trinajstić information content (AvgIpc) is 2.72. The Balaban J connectivity index is 2.42. The Hall–Kier alpha value is -3.10. The van der Waals surface area contributed by atoms with Crippen LogP contribution in [0.5, 0.6) is 0 Å². The van der Waals surface area contributed by atoms with E-state index in [0.717, 1.165) is 6.07 Å². The van der Waals surface area contributed by atoms with Gasteiger partial charge in [0.15, 0.2) is 0 Å². The van der Waals surface area contributed by atoms with Gasteiger partial charge in [0.25, 0.3) is 17.5 Å². The highest BCUT2D eigenvalue weighted by Gasteiger charge is 2.44. The molecule has 3 amide bonds. The molecule has 0 radical (unpaired) electrons. The van der Waals surface area contributed by atoms with E-state index in [2.05, 4.69) is 5.32 Å². The number of nitrogens with one attached hydrogen (secondary N) is 1. The standard InChI is InChI=1S/C13H11N3O6/c1-7(18)14-5-8(6-17)15-12(19)9-3-2-4-10(16(21)22)11(9)13(15)20/h2-4,6,8H,5H2,1H3,(H,14,18). The van der Waals surface area contributed by atoms with Crippen LogP contribution in [0, 0.1) is 10.1 Å². The molecule has 0 aliphatic carbocycles. The lowest BCUT2D eigenvalue weighted by molar-refractivity contribution is -0.385. The Morgan fingerprint density at radius 1 is 1.41 bits per heavy atom. The van der Waals surface area contributed by atoms with Crippen molar-refractivity contribution in [1.82, 2.24) is 10.2 Å². The highest BCUT2D eigenvalue weighted by Crippen LogP contribution is 2.31. The Labute approximate surface area is 124 Å². The van der Waals surface area contributed by atoms with Crippen LogP contribution in [0.3, 0.4) is 0 Å². The van der Waals surface area contributed by atoms with Crippen LogP contribution in [-0.2, 0) is 9.59 Å². The Kier molecular flexibility index (Phi) is 3.97. The van der Waals surface area contributed by atoms with Gasteiger partial charge in [-0.05, 0) is 6.07 Å². The molecule has 1 heterocycles. The van der Waals surface area contributed by atoms with E-state index in [1.807, 2.05) is 0 Å². The van der Waals surface area contributed by atoms with Gasteiger partial charge in [0.2, 0.25) is 5.91 Å². The van der Waals surface area contributed by atoms with Crippen LogP contribution in [0.15, 0.2) is 18.2 Å². The molecule has 1 aliphatic rings. The van der Waals surface area contributed by atoms with Gasteiger partial charge in [-0.3, -0.25) is 29.4 Å². The van der Waals surface area contributed by atoms with Crippen LogP contribution in [0.2, 0.25) is 0 Å². The van der Waals surface area contributed by atoms with Gasteiger partial charge in [-0.25, -0.2) is 0 Å². The van der Waals surface area contributed by atoms with Crippen LogP contribution in [0.4, 0.5) is 5.69 Å². The zero-order valence-corrected chi connectivity index (χ0v) is 11.4. The van der Waals surface area contributed by atoms with Crippen molar-refractivity contribution >= 4 is 29.7 Å². The molecule has 0 aromatic heterocycles. The molecule has 1 aliphatic heterocycles. The number of nitrogens with zero attached hydrogens (tertiary/aromatic N) is 2. The van der Waals surface area contributed by atoms with Crippen LogP contribution in [0.25, 0.3) is 0 Å². The monoisotopic (exact) mass is 305 g/mol. The lowest BCUT2D eigenvalue weighted by Crippen LogP contribution is -2.47. The van der Waals surface area contributed by atoms with Gasteiger partial charge in [-0.2, -0.15) is 0 Å². The number of imide groups is 1. The summed E-state index contributed by atoms with van der Waals surface area (Å²) in [5, 5.41) is 13.3. The van der Waals surface area contributed by atoms with Gasteiger partial charge in [0.1, 0.15) is 17.9 Å². The third kappa shape index (κ3) is 2.43. The number of hydrogen-bond donors (Lipinski definition) is 1. The molecule has 114 valence electrons. The summed E-state index contributed by atoms with van der Waals surface area (Å²) < 4.78 is 0. The maximum atomic E-state index is 12.3. The van der Waals surface area contributed by atoms with Crippen LogP contribution >= 0.6 is 0 Å². The number of fused-ring (bicyclic) bond motifs is 1. The first kappa shape index (κ1) is 15.3. The quantitative estimate of drug-likeness (QED) is 0.350. The summed E-state index contributed by atoms with van der Waals surface area (Å²) in [7, 11) is 0. The van der Waals surface area contributed by atoms with Gasteiger partial charge in [0, 0.05) is 19.5 Å². The number of carbonyl (C=O) groups is 4. The summed E-state index contributed by atoms with van der Waals surface area (Å²) in [6.45, 7) is 0.965. The fourth-order valence-electron chi connectivity index (χ4n) is 2.19. The Morgan fingerprint density at radius 2 is 2.09 bits per heavy atom. The van der Waals surface area contributed by atoms with E-state index in [0.29, 0.717) is 11.2 Å². The van der Waals surface area contributed by atoms with E-state index in [-0.39, 0.29) is 17.7 Å². The molecule has 1 atom stereocenters. The van der Waals surface area contributed by atoms with Crippen molar-refractivity contribution in [2.75, 3.05) is 6.54 Å². The third-order valence-electron chi connectivity index (χ3n) is 3.17. The number of nitro groups is 1. The van der Waals surface area contributed by atoms with Gasteiger partial charge in [-0.1, -0.05) is 6.07 Å². The third-order valence-corrected chi connectivity index (χ3v) is 3.17. The average molecular weight is 305 g/mol. The maximum absolute atomic E-state index is 12.3. The molecule has 0 bridgehead atoms. The number of rotatable bonds is 5. The zero-order valence-electron chi connectivity index (χ0n) is 11.4. The number of amides is 3. The number of hydrogen-bond acceptors (Lipinski definition) is 6. The summed E-state index contributed by atoms with van der Waals surface area (Å²) >= 11 is 0. The first-order chi connectivity index (χ1) is 10.4. The van der Waals surface area contributed by atoms with E-state index >= 15 is 0 Å². The maximum Gasteiger partial charge on any atom is 0.282 e. The minimum Gasteiger partial charge on any atom is -0.354 e. The molecule has 1 unspecified atom stereocenters. The normalized spacial score (nSPS) is 14.5. The molecule has 1 aromatic carbocycles. The molecule has 0 saturated heterocycles. The van der Waals surface area contributed by atoms with Gasteiger partial charge < -0.3 is 10.1 Å². The SMILES string of the molecule is CC(=O)NCC(C=O)N1C(=O)c2cccc([N+](=O)[O-])c2C1=O. The second-order valence-electron chi connectivity index (χ2n) is 4.58. The Morgan fingerprint density at radius 3 is 2.64 bits per heavy atom. The van der Waals surface area contributed by atoms with E-state index in [9.17, 15) is 29.3 Å². The van der Waals surface area contributed by atoms with Gasteiger partial charge in [0.05, 0.1) is 10.5 Å². The molecule has 1 aromatic rings. The molecular formula is C13H11N3O6. The predicted molar refractivity (Wildman–Crippen MR) is 72.1 cm³/mol. The topological polar surface area (TPSA) is 127 Å². The van der Waals surface area contributed by atoms with Crippen molar-refractivity contribution in [3.05, 3.63) is 39.4 Å². The summed E-state index contributed by atoms with van der Waals surface area (Å²) in [5.41, 5.74) is -0.969. The van der Waals surface area contributed by atoms with Gasteiger partial charge >= 0.3 is 0 Å². The second-order valence-corrected chi connectivity index (χ2v) is 4.58. The molecule has 0 spiro atoms. The van der Waals surface area contributed by atoms with Crippen LogP contribution in [0.1, 0.15) is 27.6 Å². The fraction of sp³-hybridized carbons (Fsp3) is 0.231. The van der Waals surface area contributed by atoms with Crippen molar-refractivity contribution in [2.24, 2.45) is 0 Å². The second kappa shape index (κ2) is 5.72. The van der Waals surface area contributed by atoms with E-state index in [1.54, 1.807) is 0 Å². The van der Waals surface area contributed by atoms with Crippen molar-refractivity contribution in [1.29, 1.82) is 0 Å². The Bertz CT molecular complexity index is 699. The minimum atomic E-state index is -1.23. The predicted octanol–water partition coefficient (Wildman–Crippen LogP) is -0.106. The van der Waals surface area contributed by atoms with E-state index in [4.69, 9.17) is 0 Å². The first-order valence-electron chi connectivity index (χ1n) is 6.23. The van der Waals surface area contributed by atoms with Crippen molar-refractivity contribution < 1.29 is 24.1 Å². The summed E-state index contributed by atoms with van der Waals surface area (Å²) in [6.07, 6.45) is 0.337. The van der Waals surface area contributed by atoms with Gasteiger partial charge in [-0.15, -0.1) is 0 Å². The molecular weight excluding hydrogens is 294 g/mol.